The summed E-state index contributed by atoms with van der Waals surface area (Å²) in [5.74, 6) is 0. The van der Waals surface area contributed by atoms with Crippen LogP contribution in [0.1, 0.15) is 36.8 Å². The third-order valence-electron chi connectivity index (χ3n) is 4.45. The minimum Gasteiger partial charge on any atom is -0.411 e. The zero-order chi connectivity index (χ0) is 13.8. The number of fused-ring (bicyclic) bond motifs is 1. The first-order valence-corrected chi connectivity index (χ1v) is 7.55. The lowest BCUT2D eigenvalue weighted by atomic mass is 9.93. The molecule has 20 heavy (non-hydrogen) atoms. The van der Waals surface area contributed by atoms with E-state index in [-0.39, 0.29) is 0 Å². The van der Waals surface area contributed by atoms with E-state index in [1.807, 2.05) is 0 Å². The largest absolute Gasteiger partial charge is 0.411 e. The summed E-state index contributed by atoms with van der Waals surface area (Å²) in [7, 11) is 0. The van der Waals surface area contributed by atoms with E-state index in [1.165, 1.54) is 11.1 Å². The van der Waals surface area contributed by atoms with Crippen LogP contribution in [0, 0.1) is 0 Å². The minimum atomic E-state index is 0.290. The summed E-state index contributed by atoms with van der Waals surface area (Å²) in [5.41, 5.74) is 3.85. The maximum Gasteiger partial charge on any atom is 0.0745 e. The highest BCUT2D eigenvalue weighted by Gasteiger charge is 2.27. The topological polar surface area (TPSA) is 35.8 Å². The van der Waals surface area contributed by atoms with Crippen molar-refractivity contribution >= 4 is 5.71 Å². The van der Waals surface area contributed by atoms with E-state index in [0.717, 1.165) is 50.9 Å². The predicted octanol–water partition coefficient (Wildman–Crippen LogP) is 3.37. The van der Waals surface area contributed by atoms with Gasteiger partial charge in [-0.1, -0.05) is 41.6 Å². The predicted molar refractivity (Wildman–Crippen MR) is 81.2 cm³/mol. The molecular formula is C17H22N2O. The third-order valence-corrected chi connectivity index (χ3v) is 4.45. The molecule has 3 rings (SSSR count). The molecule has 0 saturated carbocycles. The van der Waals surface area contributed by atoms with Crippen LogP contribution in [0.25, 0.3) is 0 Å². The molecule has 1 aliphatic carbocycles. The first kappa shape index (κ1) is 13.4. The molecule has 1 aliphatic heterocycles. The second-order valence-electron chi connectivity index (χ2n) is 5.68. The van der Waals surface area contributed by atoms with Crippen LogP contribution in [0.5, 0.6) is 0 Å². The molecule has 0 aromatic heterocycles. The van der Waals surface area contributed by atoms with Crippen molar-refractivity contribution < 1.29 is 5.21 Å². The second kappa shape index (κ2) is 6.23. The van der Waals surface area contributed by atoms with Crippen LogP contribution in [0.4, 0.5) is 0 Å². The van der Waals surface area contributed by atoms with E-state index < -0.39 is 0 Å². The average Bonchev–Trinajstić information content (AvgIpc) is 2.47. The van der Waals surface area contributed by atoms with Crippen molar-refractivity contribution in [2.45, 2.75) is 44.7 Å². The van der Waals surface area contributed by atoms with Crippen LogP contribution in [0.2, 0.25) is 0 Å². The van der Waals surface area contributed by atoms with Crippen molar-refractivity contribution in [3.63, 3.8) is 0 Å². The molecule has 2 aliphatic rings. The van der Waals surface area contributed by atoms with Gasteiger partial charge in [-0.3, -0.25) is 4.90 Å². The average molecular weight is 270 g/mol. The molecule has 0 fully saturated rings. The maximum absolute atomic E-state index is 9.34. The Morgan fingerprint density at radius 2 is 1.85 bits per heavy atom. The molecule has 106 valence electrons. The highest BCUT2D eigenvalue weighted by Crippen LogP contribution is 2.24. The lowest BCUT2D eigenvalue weighted by Crippen LogP contribution is -2.44. The number of nitrogens with zero attached hydrogens (tertiary/aromatic N) is 2. The molecule has 1 N–H and O–H groups in total. The van der Waals surface area contributed by atoms with Crippen molar-refractivity contribution in [2.75, 3.05) is 6.54 Å². The van der Waals surface area contributed by atoms with Crippen LogP contribution < -0.4 is 0 Å². The molecule has 0 unspecified atom stereocenters. The molecule has 1 aromatic carbocycles. The van der Waals surface area contributed by atoms with Gasteiger partial charge in [-0.05, 0) is 43.2 Å². The highest BCUT2D eigenvalue weighted by molar-refractivity contribution is 5.89. The van der Waals surface area contributed by atoms with Crippen LogP contribution in [-0.2, 0) is 13.0 Å². The summed E-state index contributed by atoms with van der Waals surface area (Å²) in [6, 6.07) is 8.98. The summed E-state index contributed by atoms with van der Waals surface area (Å²) in [5, 5.41) is 12.9. The number of allylic oxidation sites excluding steroid dienone is 2. The van der Waals surface area contributed by atoms with Gasteiger partial charge in [0, 0.05) is 13.1 Å². The third kappa shape index (κ3) is 2.78. The number of oxime groups is 1. The molecule has 3 heteroatoms. The van der Waals surface area contributed by atoms with Crippen molar-refractivity contribution in [3.05, 3.63) is 47.5 Å². The van der Waals surface area contributed by atoms with Gasteiger partial charge in [0.1, 0.15) is 0 Å². The van der Waals surface area contributed by atoms with Gasteiger partial charge in [0.15, 0.2) is 0 Å². The monoisotopic (exact) mass is 270 g/mol. The molecule has 1 heterocycles. The van der Waals surface area contributed by atoms with Crippen molar-refractivity contribution in [1.29, 1.82) is 0 Å². The molecule has 0 bridgehead atoms. The van der Waals surface area contributed by atoms with E-state index in [4.69, 9.17) is 0 Å². The Labute approximate surface area is 120 Å². The SMILES string of the molecule is O/N=C1/CCC=CCC[C@@H]1N1CCc2ccccc2C1. The van der Waals surface area contributed by atoms with Crippen molar-refractivity contribution in [2.24, 2.45) is 5.16 Å². The fourth-order valence-electron chi connectivity index (χ4n) is 3.35. The van der Waals surface area contributed by atoms with Crippen molar-refractivity contribution in [1.82, 2.24) is 4.90 Å². The lowest BCUT2D eigenvalue weighted by Gasteiger charge is -2.36. The summed E-state index contributed by atoms with van der Waals surface area (Å²) in [6.45, 7) is 2.04. The highest BCUT2D eigenvalue weighted by atomic mass is 16.4. The Hall–Kier alpha value is -1.61. The summed E-state index contributed by atoms with van der Waals surface area (Å²) in [4.78, 5) is 2.48. The molecule has 3 nitrogen and oxygen atoms in total. The van der Waals surface area contributed by atoms with Gasteiger partial charge in [-0.15, -0.1) is 0 Å². The van der Waals surface area contributed by atoms with Crippen LogP contribution in [-0.4, -0.2) is 28.4 Å². The van der Waals surface area contributed by atoms with Gasteiger partial charge >= 0.3 is 0 Å². The Bertz CT molecular complexity index is 521. The zero-order valence-electron chi connectivity index (χ0n) is 11.8. The van der Waals surface area contributed by atoms with E-state index in [9.17, 15) is 5.21 Å². The first-order valence-electron chi connectivity index (χ1n) is 7.55. The van der Waals surface area contributed by atoms with Gasteiger partial charge in [0.2, 0.25) is 0 Å². The number of hydrogen-bond donors (Lipinski definition) is 1. The van der Waals surface area contributed by atoms with Crippen LogP contribution in [0.3, 0.4) is 0 Å². The van der Waals surface area contributed by atoms with Crippen LogP contribution >= 0.6 is 0 Å². The number of hydrogen-bond acceptors (Lipinski definition) is 3. The van der Waals surface area contributed by atoms with Gasteiger partial charge < -0.3 is 5.21 Å². The van der Waals surface area contributed by atoms with Gasteiger partial charge in [0.05, 0.1) is 11.8 Å². The smallest absolute Gasteiger partial charge is 0.0745 e. The van der Waals surface area contributed by atoms with Gasteiger partial charge in [-0.25, -0.2) is 0 Å². The maximum atomic E-state index is 9.34. The molecule has 0 radical (unpaired) electrons. The fraction of sp³-hybridized carbons (Fsp3) is 0.471. The second-order valence-corrected chi connectivity index (χ2v) is 5.68. The van der Waals surface area contributed by atoms with Gasteiger partial charge in [0.25, 0.3) is 0 Å². The zero-order valence-corrected chi connectivity index (χ0v) is 11.8. The Kier molecular flexibility index (Phi) is 4.16. The summed E-state index contributed by atoms with van der Waals surface area (Å²) in [6.07, 6.45) is 9.54. The Morgan fingerprint density at radius 1 is 1.05 bits per heavy atom. The number of benzene rings is 1. The summed E-state index contributed by atoms with van der Waals surface area (Å²) < 4.78 is 0. The molecular weight excluding hydrogens is 248 g/mol. The van der Waals surface area contributed by atoms with Crippen molar-refractivity contribution in [3.8, 4) is 0 Å². The van der Waals surface area contributed by atoms with Gasteiger partial charge in [-0.2, -0.15) is 0 Å². The molecule has 0 spiro atoms. The standard InChI is InChI=1S/C17H22N2O/c20-18-16-9-3-1-2-4-10-17(16)19-12-11-14-7-5-6-8-15(14)13-19/h1-2,5-8,17,20H,3-4,9-13H2/b2-1?,18-16-/t17-/m0/s1. The molecule has 1 aromatic rings. The Balaban J connectivity index is 1.79. The van der Waals surface area contributed by atoms with E-state index in [1.54, 1.807) is 0 Å². The fourth-order valence-corrected chi connectivity index (χ4v) is 3.35. The molecule has 0 amide bonds. The molecule has 0 saturated heterocycles. The normalized spacial score (nSPS) is 26.0. The minimum absolute atomic E-state index is 0.290. The number of rotatable bonds is 1. The quantitative estimate of drug-likeness (QED) is 0.482. The molecule has 1 atom stereocenters. The summed E-state index contributed by atoms with van der Waals surface area (Å²) >= 11 is 0. The van der Waals surface area contributed by atoms with E-state index in [2.05, 4.69) is 46.5 Å². The van der Waals surface area contributed by atoms with E-state index in [0.29, 0.717) is 6.04 Å². The van der Waals surface area contributed by atoms with Crippen LogP contribution in [0.15, 0.2) is 41.6 Å². The first-order chi connectivity index (χ1) is 9.88. The van der Waals surface area contributed by atoms with E-state index >= 15 is 0 Å². The Morgan fingerprint density at radius 3 is 2.70 bits per heavy atom. The lowest BCUT2D eigenvalue weighted by molar-refractivity contribution is 0.206.